The minimum Gasteiger partial charge on any atom is -0.400 e. The van der Waals surface area contributed by atoms with E-state index < -0.39 is 5.79 Å². The first-order chi connectivity index (χ1) is 4.12. The van der Waals surface area contributed by atoms with E-state index in [1.165, 1.54) is 0 Å². The minimum absolute atomic E-state index is 0.417. The Balaban J connectivity index is 0. The van der Waals surface area contributed by atoms with Gasteiger partial charge in [-0.1, -0.05) is 0 Å². The summed E-state index contributed by atoms with van der Waals surface area (Å²) in [6.07, 6.45) is 0. The highest BCUT2D eigenvalue weighted by atomic mass is 16.7. The molecule has 0 heterocycles. The van der Waals surface area contributed by atoms with Gasteiger partial charge in [0.1, 0.15) is 0 Å². The summed E-state index contributed by atoms with van der Waals surface area (Å²) >= 11 is 0. The van der Waals surface area contributed by atoms with E-state index in [-0.39, 0.29) is 0 Å². The van der Waals surface area contributed by atoms with Gasteiger partial charge in [-0.15, -0.1) is 0 Å². The van der Waals surface area contributed by atoms with Crippen molar-refractivity contribution < 1.29 is 14.6 Å². The molecule has 3 nitrogen and oxygen atoms in total. The largest absolute Gasteiger partial charge is 0.400 e. The van der Waals surface area contributed by atoms with E-state index in [1.807, 2.05) is 13.8 Å². The van der Waals surface area contributed by atoms with E-state index in [9.17, 15) is 0 Å². The van der Waals surface area contributed by atoms with Crippen LogP contribution in [0, 0.1) is 0 Å². The number of hydrogen-bond donors (Lipinski definition) is 1. The van der Waals surface area contributed by atoms with Gasteiger partial charge in [-0.25, -0.2) is 0 Å². The Hall–Kier alpha value is -0.120. The molecule has 0 aliphatic carbocycles. The molecule has 0 unspecified atom stereocenters. The van der Waals surface area contributed by atoms with Crippen LogP contribution in [0.25, 0.3) is 0 Å². The maximum absolute atomic E-state index is 7.00. The molecule has 0 fully saturated rings. The van der Waals surface area contributed by atoms with Crippen molar-refractivity contribution in [3.8, 4) is 0 Å². The lowest BCUT2D eigenvalue weighted by atomic mass is 10.4. The van der Waals surface area contributed by atoms with Gasteiger partial charge in [0.05, 0.1) is 0 Å². The van der Waals surface area contributed by atoms with Crippen LogP contribution >= 0.6 is 0 Å². The Bertz CT molecular complexity index is 46.3. The smallest absolute Gasteiger partial charge is 0.161 e. The van der Waals surface area contributed by atoms with Gasteiger partial charge >= 0.3 is 0 Å². The van der Waals surface area contributed by atoms with Crippen molar-refractivity contribution in [3.05, 3.63) is 0 Å². The zero-order valence-electron chi connectivity index (χ0n) is 6.76. The number of ether oxygens (including phenoxy) is 2. The van der Waals surface area contributed by atoms with E-state index in [0.717, 1.165) is 7.11 Å². The number of aliphatic hydroxyl groups is 1. The molecule has 0 aliphatic rings. The van der Waals surface area contributed by atoms with Crippen LogP contribution in [0.5, 0.6) is 0 Å². The van der Waals surface area contributed by atoms with Crippen molar-refractivity contribution >= 4 is 0 Å². The first-order valence-electron chi connectivity index (χ1n) is 2.67. The summed E-state index contributed by atoms with van der Waals surface area (Å²) in [6, 6.07) is 0. The average Bonchev–Trinajstić information content (AvgIpc) is 1.93. The second-order valence-electron chi connectivity index (χ2n) is 1.81. The van der Waals surface area contributed by atoms with Crippen LogP contribution in [0.2, 0.25) is 0 Å². The minimum atomic E-state index is -0.417. The van der Waals surface area contributed by atoms with Crippen LogP contribution in [0.15, 0.2) is 0 Å². The van der Waals surface area contributed by atoms with Gasteiger partial charge in [-0.2, -0.15) is 0 Å². The molecule has 3 heteroatoms. The molecule has 0 rings (SSSR count). The molecule has 0 aromatic rings. The molecule has 58 valence electrons. The fourth-order valence-electron chi connectivity index (χ4n) is 0.0833. The first-order valence-corrected chi connectivity index (χ1v) is 2.67. The van der Waals surface area contributed by atoms with Crippen molar-refractivity contribution in [2.45, 2.75) is 19.6 Å². The van der Waals surface area contributed by atoms with Crippen molar-refractivity contribution in [2.75, 3.05) is 21.3 Å². The molecule has 0 radical (unpaired) electrons. The zero-order valence-corrected chi connectivity index (χ0v) is 6.76. The molecule has 0 amide bonds. The molecule has 0 aromatic carbocycles. The summed E-state index contributed by atoms with van der Waals surface area (Å²) < 4.78 is 9.73. The molecule has 1 N–H and O–H groups in total. The second kappa shape index (κ2) is 6.01. The summed E-state index contributed by atoms with van der Waals surface area (Å²) in [7, 11) is 4.23. The Morgan fingerprint density at radius 3 is 1.22 bits per heavy atom. The molecule has 0 atom stereocenters. The van der Waals surface area contributed by atoms with Crippen LogP contribution in [-0.4, -0.2) is 32.2 Å². The fraction of sp³-hybridized carbons (Fsp3) is 1.00. The van der Waals surface area contributed by atoms with Crippen molar-refractivity contribution in [3.63, 3.8) is 0 Å². The van der Waals surface area contributed by atoms with Crippen molar-refractivity contribution in [1.29, 1.82) is 0 Å². The Labute approximate surface area is 56.6 Å². The van der Waals surface area contributed by atoms with Gasteiger partial charge in [0.15, 0.2) is 5.79 Å². The SMILES string of the molecule is CO.COC(C)(C)OC. The summed E-state index contributed by atoms with van der Waals surface area (Å²) in [5.41, 5.74) is 0. The quantitative estimate of drug-likeness (QED) is 0.566. The van der Waals surface area contributed by atoms with Gasteiger partial charge in [0.2, 0.25) is 0 Å². The Kier molecular flexibility index (Phi) is 7.77. The number of hydrogen-bond acceptors (Lipinski definition) is 3. The molecular formula is C6H16O3. The van der Waals surface area contributed by atoms with Crippen LogP contribution in [0.1, 0.15) is 13.8 Å². The number of methoxy groups -OCH3 is 2. The highest BCUT2D eigenvalue weighted by Gasteiger charge is 2.11. The third-order valence-electron chi connectivity index (χ3n) is 0.983. The molecule has 0 spiro atoms. The molecule has 0 saturated heterocycles. The summed E-state index contributed by atoms with van der Waals surface area (Å²) in [5.74, 6) is -0.417. The van der Waals surface area contributed by atoms with Crippen LogP contribution in [-0.2, 0) is 9.47 Å². The summed E-state index contributed by atoms with van der Waals surface area (Å²) in [5, 5.41) is 7.00. The third-order valence-corrected chi connectivity index (χ3v) is 0.983. The number of aliphatic hydroxyl groups excluding tert-OH is 1. The highest BCUT2D eigenvalue weighted by Crippen LogP contribution is 2.05. The van der Waals surface area contributed by atoms with Crippen LogP contribution in [0.3, 0.4) is 0 Å². The van der Waals surface area contributed by atoms with Gasteiger partial charge < -0.3 is 14.6 Å². The van der Waals surface area contributed by atoms with E-state index in [2.05, 4.69) is 0 Å². The fourth-order valence-corrected chi connectivity index (χ4v) is 0.0833. The summed E-state index contributed by atoms with van der Waals surface area (Å²) in [4.78, 5) is 0. The Morgan fingerprint density at radius 2 is 1.22 bits per heavy atom. The average molecular weight is 136 g/mol. The lowest BCUT2D eigenvalue weighted by molar-refractivity contribution is -0.178. The van der Waals surface area contributed by atoms with E-state index >= 15 is 0 Å². The van der Waals surface area contributed by atoms with Gasteiger partial charge in [-0.3, -0.25) is 0 Å². The molecule has 9 heavy (non-hydrogen) atoms. The topological polar surface area (TPSA) is 38.7 Å². The molecule has 0 bridgehead atoms. The Morgan fingerprint density at radius 1 is 1.00 bits per heavy atom. The third kappa shape index (κ3) is 7.88. The van der Waals surface area contributed by atoms with Crippen LogP contribution in [0.4, 0.5) is 0 Å². The van der Waals surface area contributed by atoms with Crippen molar-refractivity contribution in [1.82, 2.24) is 0 Å². The molecule has 0 saturated carbocycles. The van der Waals surface area contributed by atoms with Gasteiger partial charge in [0, 0.05) is 21.3 Å². The van der Waals surface area contributed by atoms with Crippen molar-refractivity contribution in [2.24, 2.45) is 0 Å². The van der Waals surface area contributed by atoms with Gasteiger partial charge in [-0.05, 0) is 13.8 Å². The lowest BCUT2D eigenvalue weighted by Gasteiger charge is -2.19. The predicted octanol–water partition coefficient (Wildman–Crippen LogP) is 0.624. The zero-order chi connectivity index (χ0) is 7.91. The second-order valence-corrected chi connectivity index (χ2v) is 1.81. The standard InChI is InChI=1S/C5H12O2.CH4O/c1-5(2,6-3)7-4;1-2/h1-4H3;2H,1H3. The normalized spacial score (nSPS) is 10.0. The van der Waals surface area contributed by atoms with Gasteiger partial charge in [0.25, 0.3) is 0 Å². The van der Waals surface area contributed by atoms with E-state index in [1.54, 1.807) is 14.2 Å². The predicted molar refractivity (Wildman–Crippen MR) is 36.2 cm³/mol. The first kappa shape index (κ1) is 11.6. The van der Waals surface area contributed by atoms with Crippen LogP contribution < -0.4 is 0 Å². The van der Waals surface area contributed by atoms with E-state index in [0.29, 0.717) is 0 Å². The summed E-state index contributed by atoms with van der Waals surface area (Å²) in [6.45, 7) is 3.71. The highest BCUT2D eigenvalue weighted by molar-refractivity contribution is 4.47. The molecule has 0 aromatic heterocycles. The maximum atomic E-state index is 7.00. The maximum Gasteiger partial charge on any atom is 0.161 e. The lowest BCUT2D eigenvalue weighted by Crippen LogP contribution is -2.24. The number of rotatable bonds is 2. The molecular weight excluding hydrogens is 120 g/mol. The monoisotopic (exact) mass is 136 g/mol. The molecule has 0 aliphatic heterocycles. The van der Waals surface area contributed by atoms with E-state index in [4.69, 9.17) is 14.6 Å².